The van der Waals surface area contributed by atoms with Crippen LogP contribution in [0.5, 0.6) is 0 Å². The summed E-state index contributed by atoms with van der Waals surface area (Å²) >= 11 is 4.08. The highest BCUT2D eigenvalue weighted by atomic mass is 32.2. The number of hydrogen-bond acceptors (Lipinski definition) is 8. The number of nitrogens with zero attached hydrogens (tertiary/aromatic N) is 1. The highest BCUT2D eigenvalue weighted by molar-refractivity contribution is 8.00. The van der Waals surface area contributed by atoms with Crippen LogP contribution in [0.1, 0.15) is 39.4 Å². The van der Waals surface area contributed by atoms with Gasteiger partial charge in [0.25, 0.3) is 5.91 Å². The molecule has 250 valence electrons. The van der Waals surface area contributed by atoms with Crippen molar-refractivity contribution in [1.82, 2.24) is 0 Å². The minimum absolute atomic E-state index is 0.109. The Morgan fingerprint density at radius 2 is 1.63 bits per heavy atom. The lowest BCUT2D eigenvalue weighted by molar-refractivity contribution is -0.115. The number of benzene rings is 3. The third kappa shape index (κ3) is 7.61. The molecule has 2 heterocycles. The van der Waals surface area contributed by atoms with Crippen LogP contribution >= 0.6 is 34.9 Å². The summed E-state index contributed by atoms with van der Waals surface area (Å²) in [6, 6.07) is 23.8. The molecule has 0 bridgehead atoms. The van der Waals surface area contributed by atoms with Crippen molar-refractivity contribution in [1.29, 1.82) is 0 Å². The molecule has 4 amide bonds. The predicted octanol–water partition coefficient (Wildman–Crippen LogP) is 8.61. The van der Waals surface area contributed by atoms with E-state index in [-0.39, 0.29) is 46.3 Å². The Bertz CT molecular complexity index is 1960. The minimum atomic E-state index is -0.616. The fourth-order valence-electron chi connectivity index (χ4n) is 5.50. The van der Waals surface area contributed by atoms with E-state index in [4.69, 9.17) is 4.74 Å². The molecule has 1 aliphatic heterocycles. The molecule has 3 N–H and O–H groups in total. The van der Waals surface area contributed by atoms with Crippen LogP contribution in [0.4, 0.5) is 26.9 Å². The molecule has 12 heteroatoms. The Balaban J connectivity index is 1.16. The van der Waals surface area contributed by atoms with E-state index in [0.717, 1.165) is 26.8 Å². The monoisotopic (exact) mass is 710 g/mol. The summed E-state index contributed by atoms with van der Waals surface area (Å²) in [5, 5.41) is 8.53. The summed E-state index contributed by atoms with van der Waals surface area (Å²) in [4.78, 5) is 57.3. The Labute approximate surface area is 297 Å². The molecule has 1 aliphatic carbocycles. The number of amides is 4. The number of thiophene rings is 1. The number of esters is 1. The SMILES string of the molecule is CCOC(=O)c1c(NC(=O)C(C)Sc2cccc(NC(=O)N3c4ccccc4SC4C=CC=CC43)c2)sc(C(=O)Nc2ccccc2)c1C. The number of allylic oxidation sites excluding steroid dienone is 2. The number of thioether (sulfide) groups is 2. The number of hydrogen-bond donors (Lipinski definition) is 3. The Morgan fingerprint density at radius 1 is 0.898 bits per heavy atom. The lowest BCUT2D eigenvalue weighted by atomic mass is 10.1. The van der Waals surface area contributed by atoms with Gasteiger partial charge in [0.15, 0.2) is 0 Å². The molecule has 49 heavy (non-hydrogen) atoms. The van der Waals surface area contributed by atoms with Gasteiger partial charge in [-0.05, 0) is 68.8 Å². The summed E-state index contributed by atoms with van der Waals surface area (Å²) < 4.78 is 5.27. The van der Waals surface area contributed by atoms with Crippen LogP contribution in [0, 0.1) is 6.92 Å². The first kappa shape index (κ1) is 34.1. The van der Waals surface area contributed by atoms with Gasteiger partial charge in [-0.15, -0.1) is 34.9 Å². The first-order valence-electron chi connectivity index (χ1n) is 15.7. The maximum absolute atomic E-state index is 13.8. The van der Waals surface area contributed by atoms with Crippen molar-refractivity contribution in [3.63, 3.8) is 0 Å². The van der Waals surface area contributed by atoms with Crippen LogP contribution in [-0.2, 0) is 9.53 Å². The van der Waals surface area contributed by atoms with Crippen molar-refractivity contribution in [2.75, 3.05) is 27.5 Å². The predicted molar refractivity (Wildman–Crippen MR) is 199 cm³/mol. The second-order valence-electron chi connectivity index (χ2n) is 11.2. The third-order valence-corrected chi connectivity index (χ3v) is 11.4. The first-order valence-corrected chi connectivity index (χ1v) is 18.3. The molecule has 2 aliphatic rings. The zero-order valence-corrected chi connectivity index (χ0v) is 29.4. The van der Waals surface area contributed by atoms with Gasteiger partial charge < -0.3 is 20.7 Å². The Hall–Kier alpha value is -4.78. The topological polar surface area (TPSA) is 117 Å². The second kappa shape index (κ2) is 15.2. The van der Waals surface area contributed by atoms with Crippen molar-refractivity contribution in [2.45, 2.75) is 47.1 Å². The van der Waals surface area contributed by atoms with Crippen molar-refractivity contribution >= 4 is 80.7 Å². The van der Waals surface area contributed by atoms with E-state index in [9.17, 15) is 19.2 Å². The van der Waals surface area contributed by atoms with Gasteiger partial charge in [-0.25, -0.2) is 9.59 Å². The van der Waals surface area contributed by atoms with Gasteiger partial charge in [0, 0.05) is 21.2 Å². The third-order valence-electron chi connectivity index (χ3n) is 7.83. The van der Waals surface area contributed by atoms with Crippen molar-refractivity contribution in [2.24, 2.45) is 0 Å². The van der Waals surface area contributed by atoms with E-state index in [2.05, 4.69) is 22.0 Å². The molecule has 0 radical (unpaired) electrons. The largest absolute Gasteiger partial charge is 0.462 e. The zero-order chi connectivity index (χ0) is 34.5. The number of carbonyl (C=O) groups excluding carboxylic acids is 4. The van der Waals surface area contributed by atoms with Crippen LogP contribution in [0.15, 0.2) is 113 Å². The van der Waals surface area contributed by atoms with Crippen LogP contribution in [0.25, 0.3) is 0 Å². The molecular formula is C37H34N4O5S3. The van der Waals surface area contributed by atoms with Crippen molar-refractivity contribution in [3.05, 3.63) is 119 Å². The van der Waals surface area contributed by atoms with E-state index >= 15 is 0 Å². The average Bonchev–Trinajstić information content (AvgIpc) is 3.43. The van der Waals surface area contributed by atoms with Gasteiger partial charge in [0.05, 0.1) is 39.3 Å². The van der Waals surface area contributed by atoms with Crippen LogP contribution in [0.2, 0.25) is 0 Å². The van der Waals surface area contributed by atoms with Crippen molar-refractivity contribution < 1.29 is 23.9 Å². The normalized spacial score (nSPS) is 16.6. The summed E-state index contributed by atoms with van der Waals surface area (Å²) in [5.41, 5.74) is 2.64. The molecule has 6 rings (SSSR count). The van der Waals surface area contributed by atoms with Gasteiger partial charge in [-0.1, -0.05) is 60.7 Å². The number of rotatable bonds is 9. The zero-order valence-electron chi connectivity index (χ0n) is 27.0. The number of anilines is 4. The number of ether oxygens (including phenoxy) is 1. The Kier molecular flexibility index (Phi) is 10.6. The number of para-hydroxylation sites is 2. The van der Waals surface area contributed by atoms with Gasteiger partial charge in [-0.3, -0.25) is 14.5 Å². The summed E-state index contributed by atoms with van der Waals surface area (Å²) in [5.74, 6) is -1.36. The minimum Gasteiger partial charge on any atom is -0.462 e. The standard InChI is InChI=1S/C37H34N4O5S3/c1-4-46-36(44)31-22(2)32(34(43)38-24-13-6-5-7-14-24)49-35(31)40-33(42)23(3)47-26-16-12-15-25(21-26)39-37(45)41-27-17-8-10-19-29(27)48-30-20-11-9-18-28(30)41/h5-21,23,27,29H,4H2,1-3H3,(H,38,43)(H,39,45)(H,40,42). The van der Waals surface area contributed by atoms with Gasteiger partial charge in [0.1, 0.15) is 5.00 Å². The van der Waals surface area contributed by atoms with Crippen LogP contribution in [-0.4, -0.2) is 47.0 Å². The molecule has 3 unspecified atom stereocenters. The number of nitrogens with one attached hydrogen (secondary N) is 3. The molecule has 0 fully saturated rings. The lowest BCUT2D eigenvalue weighted by Gasteiger charge is -2.40. The second-order valence-corrected chi connectivity index (χ2v) is 14.8. The molecule has 0 saturated heterocycles. The van der Waals surface area contributed by atoms with E-state index in [1.54, 1.807) is 49.6 Å². The quantitative estimate of drug-likeness (QED) is 0.118. The van der Waals surface area contributed by atoms with Gasteiger partial charge in [-0.2, -0.15) is 0 Å². The molecule has 1 aromatic heterocycles. The summed E-state index contributed by atoms with van der Waals surface area (Å²) in [6.45, 7) is 5.26. The Morgan fingerprint density at radius 3 is 2.43 bits per heavy atom. The van der Waals surface area contributed by atoms with Crippen LogP contribution < -0.4 is 20.9 Å². The molecule has 4 aromatic rings. The van der Waals surface area contributed by atoms with E-state index in [1.807, 2.05) is 85.0 Å². The first-order chi connectivity index (χ1) is 23.7. The van der Waals surface area contributed by atoms with E-state index < -0.39 is 11.2 Å². The number of urea groups is 1. The maximum atomic E-state index is 13.8. The number of carbonyl (C=O) groups is 4. The van der Waals surface area contributed by atoms with Gasteiger partial charge >= 0.3 is 12.0 Å². The fraction of sp³-hybridized carbons (Fsp3) is 0.189. The summed E-state index contributed by atoms with van der Waals surface area (Å²) in [7, 11) is 0. The molecule has 0 saturated carbocycles. The van der Waals surface area contributed by atoms with E-state index in [0.29, 0.717) is 21.8 Å². The van der Waals surface area contributed by atoms with Crippen molar-refractivity contribution in [3.8, 4) is 0 Å². The molecular weight excluding hydrogens is 677 g/mol. The van der Waals surface area contributed by atoms with Crippen LogP contribution in [0.3, 0.4) is 0 Å². The maximum Gasteiger partial charge on any atom is 0.341 e. The lowest BCUT2D eigenvalue weighted by Crippen LogP contribution is -2.49. The molecule has 0 spiro atoms. The molecule has 3 aromatic carbocycles. The molecule has 9 nitrogen and oxygen atoms in total. The number of fused-ring (bicyclic) bond motifs is 2. The molecule has 3 atom stereocenters. The average molecular weight is 711 g/mol. The fourth-order valence-corrected chi connectivity index (χ4v) is 8.78. The van der Waals surface area contributed by atoms with Gasteiger partial charge in [0.2, 0.25) is 5.91 Å². The smallest absolute Gasteiger partial charge is 0.341 e. The summed E-state index contributed by atoms with van der Waals surface area (Å²) in [6.07, 6.45) is 8.13. The highest BCUT2D eigenvalue weighted by Crippen LogP contribution is 2.44. The highest BCUT2D eigenvalue weighted by Gasteiger charge is 2.36. The van der Waals surface area contributed by atoms with E-state index in [1.165, 1.54) is 11.8 Å².